The SMILES string of the molecule is NNCC(=O)NC(=O)C(N)Cc1ccccc1. The minimum atomic E-state index is -0.751. The molecule has 1 rings (SSSR count). The summed E-state index contributed by atoms with van der Waals surface area (Å²) in [5.74, 6) is 3.95. The van der Waals surface area contributed by atoms with Gasteiger partial charge in [0.2, 0.25) is 11.8 Å². The van der Waals surface area contributed by atoms with Crippen LogP contribution in [0.25, 0.3) is 0 Å². The maximum absolute atomic E-state index is 11.5. The first kappa shape index (κ1) is 13.3. The molecule has 1 atom stereocenters. The van der Waals surface area contributed by atoms with Crippen molar-refractivity contribution in [2.24, 2.45) is 11.6 Å². The number of amides is 2. The maximum atomic E-state index is 11.5. The van der Waals surface area contributed by atoms with Gasteiger partial charge in [-0.15, -0.1) is 0 Å². The van der Waals surface area contributed by atoms with Crippen LogP contribution in [0.4, 0.5) is 0 Å². The standard InChI is InChI=1S/C11H16N4O2/c12-9(6-8-4-2-1-3-5-8)11(17)15-10(16)7-14-13/h1-5,9,14H,6-7,12-13H2,(H,15,16,17). The summed E-state index contributed by atoms with van der Waals surface area (Å²) in [6, 6.07) is 8.60. The number of hydrazine groups is 1. The summed E-state index contributed by atoms with van der Waals surface area (Å²) >= 11 is 0. The summed E-state index contributed by atoms with van der Waals surface area (Å²) in [6.07, 6.45) is 0.385. The number of hydrogen-bond donors (Lipinski definition) is 4. The quantitative estimate of drug-likeness (QED) is 0.374. The predicted molar refractivity (Wildman–Crippen MR) is 63.5 cm³/mol. The first-order chi connectivity index (χ1) is 8.13. The number of hydrogen-bond acceptors (Lipinski definition) is 5. The molecule has 0 saturated heterocycles. The molecule has 0 aromatic heterocycles. The third-order valence-corrected chi connectivity index (χ3v) is 2.16. The molecular weight excluding hydrogens is 220 g/mol. The van der Waals surface area contributed by atoms with Gasteiger partial charge in [-0.05, 0) is 12.0 Å². The van der Waals surface area contributed by atoms with E-state index in [9.17, 15) is 9.59 Å². The molecule has 0 saturated carbocycles. The van der Waals surface area contributed by atoms with Crippen molar-refractivity contribution in [3.8, 4) is 0 Å². The summed E-state index contributed by atoms with van der Waals surface area (Å²) in [7, 11) is 0. The van der Waals surface area contributed by atoms with Gasteiger partial charge in [0.15, 0.2) is 0 Å². The zero-order chi connectivity index (χ0) is 12.7. The summed E-state index contributed by atoms with van der Waals surface area (Å²) in [4.78, 5) is 22.6. The van der Waals surface area contributed by atoms with Crippen molar-refractivity contribution < 1.29 is 9.59 Å². The van der Waals surface area contributed by atoms with E-state index in [0.717, 1.165) is 5.56 Å². The summed E-state index contributed by atoms with van der Waals surface area (Å²) in [5.41, 5.74) is 8.78. The third-order valence-electron chi connectivity index (χ3n) is 2.16. The molecule has 0 spiro atoms. The molecule has 0 radical (unpaired) electrons. The van der Waals surface area contributed by atoms with Gasteiger partial charge in [-0.1, -0.05) is 30.3 Å². The van der Waals surface area contributed by atoms with Gasteiger partial charge in [-0.3, -0.25) is 26.2 Å². The molecule has 0 aliphatic carbocycles. The number of carbonyl (C=O) groups is 2. The fraction of sp³-hybridized carbons (Fsp3) is 0.273. The normalized spacial score (nSPS) is 11.9. The van der Waals surface area contributed by atoms with E-state index in [2.05, 4.69) is 10.7 Å². The van der Waals surface area contributed by atoms with E-state index in [0.29, 0.717) is 6.42 Å². The Labute approximate surface area is 99.3 Å². The minimum absolute atomic E-state index is 0.121. The molecule has 92 valence electrons. The highest BCUT2D eigenvalue weighted by Gasteiger charge is 2.16. The highest BCUT2D eigenvalue weighted by atomic mass is 16.2. The second kappa shape index (κ2) is 6.74. The Kier molecular flexibility index (Phi) is 5.28. The first-order valence-corrected chi connectivity index (χ1v) is 5.20. The van der Waals surface area contributed by atoms with Crippen LogP contribution in [-0.2, 0) is 16.0 Å². The van der Waals surface area contributed by atoms with E-state index in [1.165, 1.54) is 0 Å². The van der Waals surface area contributed by atoms with Gasteiger partial charge in [-0.2, -0.15) is 0 Å². The van der Waals surface area contributed by atoms with Crippen molar-refractivity contribution in [3.05, 3.63) is 35.9 Å². The molecule has 0 aliphatic heterocycles. The van der Waals surface area contributed by atoms with Crippen LogP contribution in [0.3, 0.4) is 0 Å². The van der Waals surface area contributed by atoms with Crippen molar-refractivity contribution in [1.29, 1.82) is 0 Å². The molecule has 6 N–H and O–H groups in total. The summed E-state index contributed by atoms with van der Waals surface area (Å²) < 4.78 is 0. The molecule has 0 aliphatic rings. The average Bonchev–Trinajstić information content (AvgIpc) is 2.30. The molecule has 2 amide bonds. The molecule has 0 fully saturated rings. The van der Waals surface area contributed by atoms with E-state index < -0.39 is 17.9 Å². The number of imide groups is 1. The Morgan fingerprint density at radius 3 is 2.47 bits per heavy atom. The number of benzene rings is 1. The topological polar surface area (TPSA) is 110 Å². The zero-order valence-electron chi connectivity index (χ0n) is 9.35. The number of rotatable bonds is 5. The monoisotopic (exact) mass is 236 g/mol. The van der Waals surface area contributed by atoms with Gasteiger partial charge in [0, 0.05) is 0 Å². The lowest BCUT2D eigenvalue weighted by Gasteiger charge is -2.11. The molecule has 17 heavy (non-hydrogen) atoms. The molecule has 6 heteroatoms. The Hall–Kier alpha value is -1.76. The second-order valence-electron chi connectivity index (χ2n) is 3.59. The van der Waals surface area contributed by atoms with Crippen molar-refractivity contribution in [1.82, 2.24) is 10.7 Å². The Morgan fingerprint density at radius 2 is 1.88 bits per heavy atom. The number of nitrogens with one attached hydrogen (secondary N) is 2. The maximum Gasteiger partial charge on any atom is 0.243 e. The smallest absolute Gasteiger partial charge is 0.243 e. The lowest BCUT2D eigenvalue weighted by atomic mass is 10.1. The molecule has 0 heterocycles. The Morgan fingerprint density at radius 1 is 1.24 bits per heavy atom. The van der Waals surface area contributed by atoms with Crippen LogP contribution >= 0.6 is 0 Å². The summed E-state index contributed by atoms with van der Waals surface area (Å²) in [6.45, 7) is -0.121. The van der Waals surface area contributed by atoms with Crippen molar-refractivity contribution in [2.45, 2.75) is 12.5 Å². The molecule has 1 aromatic carbocycles. The highest BCUT2D eigenvalue weighted by molar-refractivity contribution is 5.98. The van der Waals surface area contributed by atoms with Crippen molar-refractivity contribution >= 4 is 11.8 Å². The minimum Gasteiger partial charge on any atom is -0.320 e. The van der Waals surface area contributed by atoms with Crippen LogP contribution in [-0.4, -0.2) is 24.4 Å². The van der Waals surface area contributed by atoms with Gasteiger partial charge in [0.1, 0.15) is 0 Å². The van der Waals surface area contributed by atoms with Crippen LogP contribution in [0.5, 0.6) is 0 Å². The average molecular weight is 236 g/mol. The second-order valence-corrected chi connectivity index (χ2v) is 3.59. The largest absolute Gasteiger partial charge is 0.320 e. The molecule has 1 aromatic rings. The first-order valence-electron chi connectivity index (χ1n) is 5.20. The van der Waals surface area contributed by atoms with E-state index >= 15 is 0 Å². The lowest BCUT2D eigenvalue weighted by molar-refractivity contribution is -0.130. The van der Waals surface area contributed by atoms with E-state index in [1.54, 1.807) is 0 Å². The summed E-state index contributed by atoms with van der Waals surface area (Å²) in [5, 5.41) is 2.16. The van der Waals surface area contributed by atoms with Gasteiger partial charge in [0.05, 0.1) is 12.6 Å². The molecule has 1 unspecified atom stereocenters. The van der Waals surface area contributed by atoms with Crippen LogP contribution in [0, 0.1) is 0 Å². The third kappa shape index (κ3) is 4.73. The predicted octanol–water partition coefficient (Wildman–Crippen LogP) is -1.34. The van der Waals surface area contributed by atoms with E-state index in [-0.39, 0.29) is 6.54 Å². The van der Waals surface area contributed by atoms with Crippen LogP contribution < -0.4 is 22.3 Å². The number of carbonyl (C=O) groups excluding carboxylic acids is 2. The Bertz CT molecular complexity index is 380. The van der Waals surface area contributed by atoms with Crippen molar-refractivity contribution in [2.75, 3.05) is 6.54 Å². The number of nitrogens with two attached hydrogens (primary N) is 2. The van der Waals surface area contributed by atoms with Gasteiger partial charge >= 0.3 is 0 Å². The van der Waals surface area contributed by atoms with Crippen LogP contribution in [0.15, 0.2) is 30.3 Å². The fourth-order valence-electron chi connectivity index (χ4n) is 1.33. The van der Waals surface area contributed by atoms with Gasteiger partial charge in [0.25, 0.3) is 0 Å². The Balaban J connectivity index is 2.45. The molecule has 6 nitrogen and oxygen atoms in total. The van der Waals surface area contributed by atoms with Gasteiger partial charge in [-0.25, -0.2) is 0 Å². The van der Waals surface area contributed by atoms with Crippen molar-refractivity contribution in [3.63, 3.8) is 0 Å². The van der Waals surface area contributed by atoms with Gasteiger partial charge < -0.3 is 5.73 Å². The molecular formula is C11H16N4O2. The zero-order valence-corrected chi connectivity index (χ0v) is 9.35. The fourth-order valence-corrected chi connectivity index (χ4v) is 1.33. The van der Waals surface area contributed by atoms with Crippen LogP contribution in [0.2, 0.25) is 0 Å². The van der Waals surface area contributed by atoms with Crippen LogP contribution in [0.1, 0.15) is 5.56 Å². The van der Waals surface area contributed by atoms with E-state index in [4.69, 9.17) is 11.6 Å². The highest BCUT2D eigenvalue weighted by Crippen LogP contribution is 2.01. The lowest BCUT2D eigenvalue weighted by Crippen LogP contribution is -2.47. The molecule has 0 bridgehead atoms. The van der Waals surface area contributed by atoms with E-state index in [1.807, 2.05) is 30.3 Å².